The molecule has 0 unspecified atom stereocenters. The number of para-hydroxylation sites is 1. The molecule has 8 nitrogen and oxygen atoms in total. The average molecular weight is 405 g/mol. The quantitative estimate of drug-likeness (QED) is 0.534. The standard InChI is InChI=1S/C18H14ClFN4O4/c1-9-15(17(25)22-13-5-3-2-4-12(13)20)16(23-18(26)21-9)10-6-7-11(19)14(8-10)24(27)28/h2-8,15-16H,1H2,(H,22,25)(H2,21,23,26)/t15-,16+/m0/s1. The van der Waals surface area contributed by atoms with Crippen molar-refractivity contribution in [1.82, 2.24) is 10.6 Å². The van der Waals surface area contributed by atoms with Gasteiger partial charge in [-0.2, -0.15) is 0 Å². The molecule has 10 heteroatoms. The maximum Gasteiger partial charge on any atom is 0.319 e. The average Bonchev–Trinajstić information content (AvgIpc) is 2.63. The van der Waals surface area contributed by atoms with Crippen LogP contribution >= 0.6 is 11.6 Å². The van der Waals surface area contributed by atoms with Gasteiger partial charge in [-0.05, 0) is 23.8 Å². The highest BCUT2D eigenvalue weighted by Gasteiger charge is 2.38. The van der Waals surface area contributed by atoms with E-state index in [2.05, 4.69) is 22.5 Å². The molecule has 0 aromatic heterocycles. The first kappa shape index (κ1) is 19.3. The number of urea groups is 1. The Bertz CT molecular complexity index is 997. The lowest BCUT2D eigenvalue weighted by Gasteiger charge is -2.33. The van der Waals surface area contributed by atoms with Crippen LogP contribution in [0.4, 0.5) is 20.6 Å². The predicted octanol–water partition coefficient (Wildman–Crippen LogP) is 3.51. The minimum Gasteiger partial charge on any atom is -0.330 e. The van der Waals surface area contributed by atoms with Crippen LogP contribution in [0.1, 0.15) is 11.6 Å². The third-order valence-electron chi connectivity index (χ3n) is 4.21. The Morgan fingerprint density at radius 2 is 2.00 bits per heavy atom. The zero-order valence-electron chi connectivity index (χ0n) is 14.2. The van der Waals surface area contributed by atoms with Gasteiger partial charge in [0.05, 0.1) is 16.7 Å². The number of anilines is 1. The molecule has 0 spiro atoms. The Balaban J connectivity index is 1.97. The Morgan fingerprint density at radius 3 is 2.68 bits per heavy atom. The topological polar surface area (TPSA) is 113 Å². The first-order chi connectivity index (χ1) is 13.3. The molecule has 1 aliphatic rings. The SMILES string of the molecule is C=C1NC(=O)N[C@H](c2ccc(Cl)c([N+](=O)[O-])c2)[C@H]1C(=O)Nc1ccccc1F. The van der Waals surface area contributed by atoms with Gasteiger partial charge in [0, 0.05) is 11.8 Å². The molecule has 3 rings (SSSR count). The Kier molecular flexibility index (Phi) is 5.27. The zero-order valence-corrected chi connectivity index (χ0v) is 15.0. The van der Waals surface area contributed by atoms with Crippen molar-refractivity contribution in [2.75, 3.05) is 5.32 Å². The summed E-state index contributed by atoms with van der Waals surface area (Å²) in [4.78, 5) is 35.2. The van der Waals surface area contributed by atoms with E-state index in [4.69, 9.17) is 11.6 Å². The van der Waals surface area contributed by atoms with Gasteiger partial charge < -0.3 is 16.0 Å². The highest BCUT2D eigenvalue weighted by molar-refractivity contribution is 6.32. The molecule has 1 aliphatic heterocycles. The number of halogens is 2. The van der Waals surface area contributed by atoms with E-state index in [1.807, 2.05) is 0 Å². The molecular formula is C18H14ClFN4O4. The maximum absolute atomic E-state index is 13.9. The van der Waals surface area contributed by atoms with E-state index < -0.39 is 34.6 Å². The van der Waals surface area contributed by atoms with E-state index in [0.29, 0.717) is 0 Å². The molecule has 0 aliphatic carbocycles. The Hall–Kier alpha value is -3.46. The molecular weight excluding hydrogens is 391 g/mol. The molecule has 3 N–H and O–H groups in total. The summed E-state index contributed by atoms with van der Waals surface area (Å²) in [6.07, 6.45) is 0. The van der Waals surface area contributed by atoms with E-state index in [1.54, 1.807) is 6.07 Å². The lowest BCUT2D eigenvalue weighted by atomic mass is 9.88. The summed E-state index contributed by atoms with van der Waals surface area (Å²) in [5.74, 6) is -2.34. The van der Waals surface area contributed by atoms with Gasteiger partial charge >= 0.3 is 6.03 Å². The van der Waals surface area contributed by atoms with Gasteiger partial charge in [-0.25, -0.2) is 9.18 Å². The van der Waals surface area contributed by atoms with Crippen molar-refractivity contribution < 1.29 is 18.9 Å². The largest absolute Gasteiger partial charge is 0.330 e. The highest BCUT2D eigenvalue weighted by Crippen LogP contribution is 2.34. The van der Waals surface area contributed by atoms with Crippen LogP contribution in [0.25, 0.3) is 0 Å². The van der Waals surface area contributed by atoms with Crippen LogP contribution in [0.5, 0.6) is 0 Å². The number of hydrogen-bond donors (Lipinski definition) is 3. The number of benzene rings is 2. The fourth-order valence-electron chi connectivity index (χ4n) is 2.91. The van der Waals surface area contributed by atoms with Crippen LogP contribution in [0, 0.1) is 21.8 Å². The number of carbonyl (C=O) groups is 2. The van der Waals surface area contributed by atoms with Crippen molar-refractivity contribution in [3.63, 3.8) is 0 Å². The molecule has 28 heavy (non-hydrogen) atoms. The van der Waals surface area contributed by atoms with Gasteiger partial charge in [0.1, 0.15) is 16.8 Å². The molecule has 1 heterocycles. The molecule has 0 radical (unpaired) electrons. The predicted molar refractivity (Wildman–Crippen MR) is 100 cm³/mol. The monoisotopic (exact) mass is 404 g/mol. The summed E-state index contributed by atoms with van der Waals surface area (Å²) in [7, 11) is 0. The molecule has 3 amide bonds. The van der Waals surface area contributed by atoms with Crippen molar-refractivity contribution in [1.29, 1.82) is 0 Å². The minimum atomic E-state index is -1.06. The van der Waals surface area contributed by atoms with Crippen LogP contribution < -0.4 is 16.0 Å². The third kappa shape index (κ3) is 3.79. The third-order valence-corrected chi connectivity index (χ3v) is 4.53. The molecule has 144 valence electrons. The summed E-state index contributed by atoms with van der Waals surface area (Å²) in [5, 5.41) is 18.5. The maximum atomic E-state index is 13.9. The molecule has 0 saturated carbocycles. The first-order valence-corrected chi connectivity index (χ1v) is 8.41. The zero-order chi connectivity index (χ0) is 20.4. The molecule has 2 aromatic carbocycles. The van der Waals surface area contributed by atoms with Crippen molar-refractivity contribution in [2.24, 2.45) is 5.92 Å². The van der Waals surface area contributed by atoms with Crippen LogP contribution in [-0.4, -0.2) is 16.9 Å². The lowest BCUT2D eigenvalue weighted by molar-refractivity contribution is -0.384. The summed E-state index contributed by atoms with van der Waals surface area (Å²) >= 11 is 5.83. The molecule has 1 fully saturated rings. The highest BCUT2D eigenvalue weighted by atomic mass is 35.5. The summed E-state index contributed by atoms with van der Waals surface area (Å²) in [6, 6.07) is 7.94. The second-order valence-electron chi connectivity index (χ2n) is 6.02. The number of nitro groups is 1. The fourth-order valence-corrected chi connectivity index (χ4v) is 3.09. The summed E-state index contributed by atoms with van der Waals surface area (Å²) in [6.45, 7) is 3.70. The van der Waals surface area contributed by atoms with Crippen molar-refractivity contribution in [3.05, 3.63) is 81.3 Å². The van der Waals surface area contributed by atoms with Crippen LogP contribution in [-0.2, 0) is 4.79 Å². The summed E-state index contributed by atoms with van der Waals surface area (Å²) in [5.41, 5.74) is -0.0650. The van der Waals surface area contributed by atoms with Gasteiger partial charge in [0.2, 0.25) is 5.91 Å². The lowest BCUT2D eigenvalue weighted by Crippen LogP contribution is -2.51. The van der Waals surface area contributed by atoms with Crippen molar-refractivity contribution in [2.45, 2.75) is 6.04 Å². The second-order valence-corrected chi connectivity index (χ2v) is 6.42. The Labute approximate surface area is 163 Å². The van der Waals surface area contributed by atoms with E-state index in [9.17, 15) is 24.1 Å². The number of nitro benzene ring substituents is 1. The Morgan fingerprint density at radius 1 is 1.29 bits per heavy atom. The molecule has 1 saturated heterocycles. The molecule has 2 atom stereocenters. The number of nitrogens with one attached hydrogen (secondary N) is 3. The second kappa shape index (κ2) is 7.65. The van der Waals surface area contributed by atoms with Crippen molar-refractivity contribution >= 4 is 34.9 Å². The molecule has 0 bridgehead atoms. The first-order valence-electron chi connectivity index (χ1n) is 8.03. The normalized spacial score (nSPS) is 18.8. The molecule has 2 aromatic rings. The number of amides is 3. The van der Waals surface area contributed by atoms with Gasteiger partial charge in [-0.15, -0.1) is 0 Å². The fraction of sp³-hybridized carbons (Fsp3) is 0.111. The summed E-state index contributed by atoms with van der Waals surface area (Å²) < 4.78 is 13.9. The van der Waals surface area contributed by atoms with Crippen LogP contribution in [0.3, 0.4) is 0 Å². The minimum absolute atomic E-state index is 0.0435. The van der Waals surface area contributed by atoms with Gasteiger partial charge in [-0.1, -0.05) is 36.4 Å². The number of rotatable bonds is 4. The van der Waals surface area contributed by atoms with E-state index in [0.717, 1.165) is 0 Å². The number of nitrogens with zero attached hydrogens (tertiary/aromatic N) is 1. The number of hydrogen-bond acceptors (Lipinski definition) is 4. The van der Waals surface area contributed by atoms with Crippen LogP contribution in [0.15, 0.2) is 54.7 Å². The van der Waals surface area contributed by atoms with Gasteiger partial charge in [0.25, 0.3) is 5.69 Å². The van der Waals surface area contributed by atoms with E-state index in [-0.39, 0.29) is 27.7 Å². The van der Waals surface area contributed by atoms with Gasteiger partial charge in [0.15, 0.2) is 0 Å². The number of carbonyl (C=O) groups excluding carboxylic acids is 2. The van der Waals surface area contributed by atoms with E-state index >= 15 is 0 Å². The smallest absolute Gasteiger partial charge is 0.319 e. The van der Waals surface area contributed by atoms with Crippen molar-refractivity contribution in [3.8, 4) is 0 Å². The van der Waals surface area contributed by atoms with Crippen LogP contribution in [0.2, 0.25) is 5.02 Å². The van der Waals surface area contributed by atoms with E-state index in [1.165, 1.54) is 36.4 Å². The van der Waals surface area contributed by atoms with Gasteiger partial charge in [-0.3, -0.25) is 14.9 Å².